The number of thiophene rings is 1. The van der Waals surface area contributed by atoms with E-state index in [1.807, 2.05) is 37.3 Å². The number of benzene rings is 2. The molecule has 2 atom stereocenters. The number of imidazole rings is 1. The van der Waals surface area contributed by atoms with Crippen molar-refractivity contribution >= 4 is 51.4 Å². The Labute approximate surface area is 291 Å². The maximum Gasteiger partial charge on any atom is 0.259 e. The Bertz CT molecular complexity index is 2260. The van der Waals surface area contributed by atoms with Crippen molar-refractivity contribution in [3.63, 3.8) is 0 Å². The highest BCUT2D eigenvalue weighted by atomic mass is 32.1. The highest BCUT2D eigenvalue weighted by Gasteiger charge is 2.39. The van der Waals surface area contributed by atoms with Gasteiger partial charge in [-0.15, -0.1) is 11.3 Å². The molecule has 2 amide bonds. The van der Waals surface area contributed by atoms with E-state index in [0.717, 1.165) is 64.0 Å². The van der Waals surface area contributed by atoms with Crippen molar-refractivity contribution < 1.29 is 18.7 Å². The van der Waals surface area contributed by atoms with Crippen LogP contribution in [0.1, 0.15) is 31.8 Å². The summed E-state index contributed by atoms with van der Waals surface area (Å²) in [6.07, 6.45) is 3.54. The predicted molar refractivity (Wildman–Crippen MR) is 191 cm³/mol. The van der Waals surface area contributed by atoms with Gasteiger partial charge in [0, 0.05) is 55.0 Å². The number of fused-ring (bicyclic) bond motifs is 5. The van der Waals surface area contributed by atoms with Crippen molar-refractivity contribution in [3.8, 4) is 21.3 Å². The second-order valence-electron chi connectivity index (χ2n) is 13.2. The number of aromatic nitrogens is 4. The number of aromatic amines is 1. The summed E-state index contributed by atoms with van der Waals surface area (Å²) in [6, 6.07) is 20.0. The Morgan fingerprint density at radius 1 is 1.00 bits per heavy atom. The summed E-state index contributed by atoms with van der Waals surface area (Å²) in [4.78, 5) is 50.5. The number of nitrogens with zero attached hydrogens (tertiary/aromatic N) is 5. The summed E-state index contributed by atoms with van der Waals surface area (Å²) in [6.45, 7) is 5.37. The fourth-order valence-corrected chi connectivity index (χ4v) is 8.43. The van der Waals surface area contributed by atoms with Gasteiger partial charge < -0.3 is 24.8 Å². The van der Waals surface area contributed by atoms with E-state index in [0.29, 0.717) is 58.8 Å². The number of halogens is 1. The number of anilines is 3. The quantitative estimate of drug-likeness (QED) is 0.207. The number of para-hydroxylation sites is 2. The SMILES string of the molecule is Cc1cnc(N2CC3COCC3C2)c(C(=O)Nc2ccc(C(=O)N3CCc4cc(-c5nc6ccccc6[nH]5)sc4-c4ncc(F)cc43)cc2)c1. The average Bonchev–Trinajstić information content (AvgIpc) is 3.91. The van der Waals surface area contributed by atoms with E-state index in [2.05, 4.69) is 31.2 Å². The van der Waals surface area contributed by atoms with Crippen LogP contribution in [0.2, 0.25) is 0 Å². The fraction of sp³-hybridized carbons (Fsp3) is 0.237. The Morgan fingerprint density at radius 3 is 2.60 bits per heavy atom. The number of carbonyl (C=O) groups excluding carboxylic acids is 2. The number of rotatable bonds is 5. The minimum absolute atomic E-state index is 0.264. The lowest BCUT2D eigenvalue weighted by Gasteiger charge is -2.23. The molecule has 2 aromatic carbocycles. The van der Waals surface area contributed by atoms with E-state index in [9.17, 15) is 14.0 Å². The smallest absolute Gasteiger partial charge is 0.259 e. The van der Waals surface area contributed by atoms with Crippen LogP contribution in [0.4, 0.5) is 21.6 Å². The maximum atomic E-state index is 14.7. The third kappa shape index (κ3) is 5.40. The molecule has 0 radical (unpaired) electrons. The van der Waals surface area contributed by atoms with Gasteiger partial charge in [-0.1, -0.05) is 12.1 Å². The van der Waals surface area contributed by atoms with Crippen LogP contribution in [0, 0.1) is 24.6 Å². The third-order valence-electron chi connectivity index (χ3n) is 9.80. The van der Waals surface area contributed by atoms with Gasteiger partial charge in [-0.2, -0.15) is 0 Å². The number of hydrogen-bond donors (Lipinski definition) is 2. The first-order valence-corrected chi connectivity index (χ1v) is 17.5. The van der Waals surface area contributed by atoms with Crippen LogP contribution in [0.15, 0.2) is 79.1 Å². The zero-order valence-electron chi connectivity index (χ0n) is 27.1. The van der Waals surface area contributed by atoms with Crippen LogP contribution in [-0.2, 0) is 11.2 Å². The highest BCUT2D eigenvalue weighted by molar-refractivity contribution is 7.19. The summed E-state index contributed by atoms with van der Waals surface area (Å²) in [5, 5.41) is 2.99. The largest absolute Gasteiger partial charge is 0.381 e. The molecule has 3 aliphatic heterocycles. The van der Waals surface area contributed by atoms with E-state index in [1.165, 1.54) is 23.6 Å². The number of ether oxygens (including phenoxy) is 1. The number of amides is 2. The summed E-state index contributed by atoms with van der Waals surface area (Å²) in [5.74, 6) is 1.28. The Balaban J connectivity index is 0.955. The molecule has 0 aliphatic carbocycles. The zero-order valence-corrected chi connectivity index (χ0v) is 28.0. The minimum Gasteiger partial charge on any atom is -0.381 e. The van der Waals surface area contributed by atoms with Gasteiger partial charge in [0.1, 0.15) is 23.2 Å². The Kier molecular flexibility index (Phi) is 7.43. The topological polar surface area (TPSA) is 116 Å². The number of pyridine rings is 2. The minimum atomic E-state index is -0.521. The van der Waals surface area contributed by atoms with Gasteiger partial charge >= 0.3 is 0 Å². The normalized spacial score (nSPS) is 18.1. The van der Waals surface area contributed by atoms with Gasteiger partial charge in [0.05, 0.1) is 51.4 Å². The average molecular weight is 686 g/mol. The molecule has 2 saturated heterocycles. The number of aryl methyl sites for hydroxylation is 1. The molecule has 3 aliphatic rings. The monoisotopic (exact) mass is 685 g/mol. The van der Waals surface area contributed by atoms with Crippen molar-refractivity contribution in [1.82, 2.24) is 19.9 Å². The summed E-state index contributed by atoms with van der Waals surface area (Å²) >= 11 is 1.52. The second kappa shape index (κ2) is 12.1. The lowest BCUT2D eigenvalue weighted by Crippen LogP contribution is -2.32. The molecule has 2 N–H and O–H groups in total. The van der Waals surface area contributed by atoms with Crippen molar-refractivity contribution in [2.45, 2.75) is 13.3 Å². The number of carbonyl (C=O) groups is 2. The number of nitrogens with one attached hydrogen (secondary N) is 2. The number of H-pyrrole nitrogens is 1. The van der Waals surface area contributed by atoms with Gasteiger partial charge in [0.2, 0.25) is 0 Å². The highest BCUT2D eigenvalue weighted by Crippen LogP contribution is 2.43. The van der Waals surface area contributed by atoms with Crippen LogP contribution < -0.4 is 15.1 Å². The van der Waals surface area contributed by atoms with Crippen molar-refractivity contribution in [3.05, 3.63) is 107 Å². The standard InChI is InChI=1S/C38H32FN7O3S/c1-21-12-28(36(41-15-21)45-17-24-19-49-20-25(24)18-45)37(47)42-27-8-6-22(7-9-27)38(48)46-11-10-23-13-32(35-43-29-4-2-3-5-30(29)44-35)50-34(23)33-31(46)14-26(39)16-40-33/h2-9,12-16,24-25H,10-11,17-20H2,1H3,(H,42,47)(H,43,44). The van der Waals surface area contributed by atoms with Gasteiger partial charge in [-0.25, -0.2) is 14.4 Å². The van der Waals surface area contributed by atoms with E-state index >= 15 is 0 Å². The molecule has 10 nitrogen and oxygen atoms in total. The predicted octanol–water partition coefficient (Wildman–Crippen LogP) is 6.73. The van der Waals surface area contributed by atoms with Crippen LogP contribution in [0.25, 0.3) is 32.3 Å². The zero-order chi connectivity index (χ0) is 33.9. The Hall–Kier alpha value is -5.46. The van der Waals surface area contributed by atoms with Gasteiger partial charge in [-0.3, -0.25) is 14.6 Å². The van der Waals surface area contributed by atoms with Crippen molar-refractivity contribution in [2.24, 2.45) is 11.8 Å². The van der Waals surface area contributed by atoms with Crippen LogP contribution >= 0.6 is 11.3 Å². The van der Waals surface area contributed by atoms with Crippen LogP contribution in [-0.4, -0.2) is 64.6 Å². The van der Waals surface area contributed by atoms with Gasteiger partial charge in [-0.05, 0) is 73.0 Å². The molecular weight excluding hydrogens is 654 g/mol. The van der Waals surface area contributed by atoms with Gasteiger partial charge in [0.25, 0.3) is 11.8 Å². The molecule has 0 saturated carbocycles. The molecule has 6 aromatic rings. The van der Waals surface area contributed by atoms with Gasteiger partial charge in [0.15, 0.2) is 0 Å². The molecule has 250 valence electrons. The van der Waals surface area contributed by atoms with Crippen LogP contribution in [0.3, 0.4) is 0 Å². The molecule has 4 aromatic heterocycles. The van der Waals surface area contributed by atoms with E-state index in [1.54, 1.807) is 35.4 Å². The van der Waals surface area contributed by atoms with E-state index in [4.69, 9.17) is 9.72 Å². The summed E-state index contributed by atoms with van der Waals surface area (Å²) in [5.41, 5.74) is 6.20. The molecule has 2 unspecified atom stereocenters. The molecule has 0 bridgehead atoms. The first kappa shape index (κ1) is 30.6. The molecule has 7 heterocycles. The van der Waals surface area contributed by atoms with Crippen molar-refractivity contribution in [2.75, 3.05) is 48.0 Å². The first-order valence-electron chi connectivity index (χ1n) is 16.6. The second-order valence-corrected chi connectivity index (χ2v) is 14.2. The Morgan fingerprint density at radius 2 is 1.80 bits per heavy atom. The lowest BCUT2D eigenvalue weighted by molar-refractivity contribution is 0.0986. The summed E-state index contributed by atoms with van der Waals surface area (Å²) < 4.78 is 20.3. The molecular formula is C38H32FN7O3S. The molecule has 50 heavy (non-hydrogen) atoms. The van der Waals surface area contributed by atoms with E-state index < -0.39 is 5.82 Å². The molecule has 9 rings (SSSR count). The number of hydrogen-bond acceptors (Lipinski definition) is 8. The molecule has 0 spiro atoms. The summed E-state index contributed by atoms with van der Waals surface area (Å²) in [7, 11) is 0. The van der Waals surface area contributed by atoms with Crippen LogP contribution in [0.5, 0.6) is 0 Å². The van der Waals surface area contributed by atoms with E-state index in [-0.39, 0.29) is 11.8 Å². The lowest BCUT2D eigenvalue weighted by atomic mass is 10.0. The van der Waals surface area contributed by atoms with Crippen molar-refractivity contribution in [1.29, 1.82) is 0 Å². The molecule has 2 fully saturated rings. The molecule has 12 heteroatoms. The first-order chi connectivity index (χ1) is 24.4. The maximum absolute atomic E-state index is 14.7. The fourth-order valence-electron chi connectivity index (χ4n) is 7.27. The third-order valence-corrected chi connectivity index (χ3v) is 11.0.